The zero-order chi connectivity index (χ0) is 14.7. The summed E-state index contributed by atoms with van der Waals surface area (Å²) in [5.74, 6) is -0.239. The van der Waals surface area contributed by atoms with Crippen LogP contribution in [0.1, 0.15) is 22.5 Å². The molecule has 0 saturated carbocycles. The highest BCUT2D eigenvalue weighted by molar-refractivity contribution is 9.10. The number of benzene rings is 1. The van der Waals surface area contributed by atoms with Crippen LogP contribution in [0.3, 0.4) is 0 Å². The maximum atomic E-state index is 11.4. The van der Waals surface area contributed by atoms with Gasteiger partial charge in [-0.1, -0.05) is 34.1 Å². The van der Waals surface area contributed by atoms with Gasteiger partial charge in [0.15, 0.2) is 0 Å². The lowest BCUT2D eigenvalue weighted by molar-refractivity contribution is -0.139. The fraction of sp³-hybridized carbons (Fsp3) is 0.333. The van der Waals surface area contributed by atoms with Crippen LogP contribution in [0.25, 0.3) is 0 Å². The zero-order valence-corrected chi connectivity index (χ0v) is 13.4. The molecule has 2 aromatic rings. The van der Waals surface area contributed by atoms with E-state index in [1.165, 1.54) is 7.11 Å². The van der Waals surface area contributed by atoms with Crippen LogP contribution in [0, 0.1) is 13.8 Å². The third kappa shape index (κ3) is 3.10. The summed E-state index contributed by atoms with van der Waals surface area (Å²) in [5.41, 5.74) is 3.98. The first-order valence-corrected chi connectivity index (χ1v) is 7.15. The normalized spacial score (nSPS) is 10.6. The van der Waals surface area contributed by atoms with Crippen molar-refractivity contribution in [3.05, 3.63) is 51.3 Å². The molecule has 0 atom stereocenters. The van der Waals surface area contributed by atoms with E-state index in [2.05, 4.69) is 27.1 Å². The van der Waals surface area contributed by atoms with Crippen molar-refractivity contribution in [2.24, 2.45) is 0 Å². The van der Waals surface area contributed by atoms with Crippen molar-refractivity contribution >= 4 is 21.9 Å². The number of ether oxygens (including phenoxy) is 1. The summed E-state index contributed by atoms with van der Waals surface area (Å²) in [7, 11) is 1.40. The number of nitrogens with zero attached hydrogens (tertiary/aromatic N) is 2. The molecule has 0 aliphatic carbocycles. The van der Waals surface area contributed by atoms with E-state index in [0.717, 1.165) is 27.0 Å². The zero-order valence-electron chi connectivity index (χ0n) is 11.8. The van der Waals surface area contributed by atoms with E-state index in [4.69, 9.17) is 4.74 Å². The number of esters is 1. The molecule has 106 valence electrons. The maximum Gasteiger partial charge on any atom is 0.310 e. The summed E-state index contributed by atoms with van der Waals surface area (Å²) in [4.78, 5) is 11.4. The van der Waals surface area contributed by atoms with Gasteiger partial charge in [0.25, 0.3) is 0 Å². The summed E-state index contributed by atoms with van der Waals surface area (Å²) in [5, 5.41) is 4.52. The number of hydrogen-bond acceptors (Lipinski definition) is 3. The molecule has 0 aliphatic rings. The Kier molecular flexibility index (Phi) is 4.60. The summed E-state index contributed by atoms with van der Waals surface area (Å²) >= 11 is 3.54. The van der Waals surface area contributed by atoms with Crippen molar-refractivity contribution < 1.29 is 9.53 Å². The first kappa shape index (κ1) is 14.8. The number of carbonyl (C=O) groups excluding carboxylic acids is 1. The predicted molar refractivity (Wildman–Crippen MR) is 80.7 cm³/mol. The van der Waals surface area contributed by atoms with Crippen molar-refractivity contribution in [1.82, 2.24) is 9.78 Å². The average molecular weight is 337 g/mol. The molecule has 0 aliphatic heterocycles. The minimum absolute atomic E-state index is 0.239. The van der Waals surface area contributed by atoms with Crippen LogP contribution in [0.2, 0.25) is 0 Å². The Labute approximate surface area is 126 Å². The highest BCUT2D eigenvalue weighted by Gasteiger charge is 2.15. The molecule has 20 heavy (non-hydrogen) atoms. The van der Waals surface area contributed by atoms with E-state index >= 15 is 0 Å². The summed E-state index contributed by atoms with van der Waals surface area (Å²) in [6.45, 7) is 4.58. The Balaban J connectivity index is 2.28. The molecule has 1 aromatic carbocycles. The van der Waals surface area contributed by atoms with Crippen LogP contribution in [-0.4, -0.2) is 22.9 Å². The molecule has 1 aromatic heterocycles. The molecular formula is C15H17BrN2O2. The lowest BCUT2D eigenvalue weighted by Crippen LogP contribution is -2.08. The van der Waals surface area contributed by atoms with Gasteiger partial charge in [-0.25, -0.2) is 0 Å². The van der Waals surface area contributed by atoms with E-state index < -0.39 is 0 Å². The van der Waals surface area contributed by atoms with Crippen molar-refractivity contribution in [3.8, 4) is 0 Å². The Hall–Kier alpha value is -1.62. The minimum Gasteiger partial charge on any atom is -0.469 e. The van der Waals surface area contributed by atoms with Crippen LogP contribution in [0.15, 0.2) is 28.7 Å². The maximum absolute atomic E-state index is 11.4. The van der Waals surface area contributed by atoms with Crippen LogP contribution >= 0.6 is 15.9 Å². The van der Waals surface area contributed by atoms with E-state index in [0.29, 0.717) is 6.54 Å². The number of aryl methyl sites for hydroxylation is 1. The quantitative estimate of drug-likeness (QED) is 0.806. The molecule has 5 heteroatoms. The van der Waals surface area contributed by atoms with Crippen LogP contribution < -0.4 is 0 Å². The van der Waals surface area contributed by atoms with Gasteiger partial charge >= 0.3 is 5.97 Å². The van der Waals surface area contributed by atoms with Crippen molar-refractivity contribution in [3.63, 3.8) is 0 Å². The molecular weight excluding hydrogens is 320 g/mol. The standard InChI is InChI=1S/C15H17BrN2O2/c1-10-13(8-15(19)20-3)11(2)18(17-10)9-12-6-4-5-7-14(12)16/h4-7H,8-9H2,1-3H3. The molecule has 0 spiro atoms. The van der Waals surface area contributed by atoms with Gasteiger partial charge in [-0.05, 0) is 25.5 Å². The lowest BCUT2D eigenvalue weighted by atomic mass is 10.1. The van der Waals surface area contributed by atoms with Crippen molar-refractivity contribution in [1.29, 1.82) is 0 Å². The Bertz CT molecular complexity index is 635. The van der Waals surface area contributed by atoms with Crippen LogP contribution in [0.4, 0.5) is 0 Å². The number of hydrogen-bond donors (Lipinski definition) is 0. The highest BCUT2D eigenvalue weighted by atomic mass is 79.9. The molecule has 2 rings (SSSR count). The van der Waals surface area contributed by atoms with Crippen molar-refractivity contribution in [2.75, 3.05) is 7.11 Å². The predicted octanol–water partition coefficient (Wildman–Crippen LogP) is 3.03. The molecule has 0 amide bonds. The topological polar surface area (TPSA) is 44.1 Å². The van der Waals surface area contributed by atoms with Gasteiger partial charge in [0, 0.05) is 15.7 Å². The third-order valence-corrected chi connectivity index (χ3v) is 4.13. The Morgan fingerprint density at radius 1 is 1.35 bits per heavy atom. The van der Waals surface area contributed by atoms with Gasteiger partial charge in [-0.3, -0.25) is 9.48 Å². The molecule has 1 heterocycles. The van der Waals surface area contributed by atoms with Gasteiger partial charge in [0.1, 0.15) is 0 Å². The summed E-state index contributed by atoms with van der Waals surface area (Å²) < 4.78 is 7.71. The van der Waals surface area contributed by atoms with E-state index in [9.17, 15) is 4.79 Å². The first-order chi connectivity index (χ1) is 9.52. The average Bonchev–Trinajstić information content (AvgIpc) is 2.69. The van der Waals surface area contributed by atoms with Crippen LogP contribution in [0.5, 0.6) is 0 Å². The van der Waals surface area contributed by atoms with Gasteiger partial charge in [-0.2, -0.15) is 5.10 Å². The second kappa shape index (κ2) is 6.22. The highest BCUT2D eigenvalue weighted by Crippen LogP contribution is 2.20. The Morgan fingerprint density at radius 3 is 2.70 bits per heavy atom. The fourth-order valence-corrected chi connectivity index (χ4v) is 2.56. The summed E-state index contributed by atoms with van der Waals surface area (Å²) in [6, 6.07) is 8.05. The second-order valence-corrected chi connectivity index (χ2v) is 5.51. The molecule has 4 nitrogen and oxygen atoms in total. The first-order valence-electron chi connectivity index (χ1n) is 6.36. The number of aromatic nitrogens is 2. The number of carbonyl (C=O) groups is 1. The second-order valence-electron chi connectivity index (χ2n) is 4.65. The lowest BCUT2D eigenvalue weighted by Gasteiger charge is -2.07. The van der Waals surface area contributed by atoms with Gasteiger partial charge in [-0.15, -0.1) is 0 Å². The molecule has 0 saturated heterocycles. The van der Waals surface area contributed by atoms with Gasteiger partial charge in [0.2, 0.25) is 0 Å². The number of halogens is 1. The van der Waals surface area contributed by atoms with Crippen LogP contribution in [-0.2, 0) is 22.5 Å². The number of methoxy groups -OCH3 is 1. The molecule has 0 N–H and O–H groups in total. The molecule has 0 unspecified atom stereocenters. The SMILES string of the molecule is COC(=O)Cc1c(C)nn(Cc2ccccc2Br)c1C. The fourth-order valence-electron chi connectivity index (χ4n) is 2.15. The number of rotatable bonds is 4. The smallest absolute Gasteiger partial charge is 0.310 e. The largest absolute Gasteiger partial charge is 0.469 e. The Morgan fingerprint density at radius 2 is 2.05 bits per heavy atom. The molecule has 0 fully saturated rings. The monoisotopic (exact) mass is 336 g/mol. The minimum atomic E-state index is -0.239. The van der Waals surface area contributed by atoms with Gasteiger partial charge < -0.3 is 4.74 Å². The van der Waals surface area contributed by atoms with Crippen molar-refractivity contribution in [2.45, 2.75) is 26.8 Å². The molecule has 0 radical (unpaired) electrons. The summed E-state index contributed by atoms with van der Waals surface area (Å²) in [6.07, 6.45) is 0.268. The van der Waals surface area contributed by atoms with Gasteiger partial charge in [0.05, 0.1) is 25.8 Å². The third-order valence-electron chi connectivity index (χ3n) is 3.36. The van der Waals surface area contributed by atoms with E-state index in [-0.39, 0.29) is 12.4 Å². The van der Waals surface area contributed by atoms with E-state index in [1.807, 2.05) is 36.7 Å². The van der Waals surface area contributed by atoms with E-state index in [1.54, 1.807) is 0 Å². The molecule has 0 bridgehead atoms.